The lowest BCUT2D eigenvalue weighted by molar-refractivity contribution is 0.0988. The molecule has 76 valence electrons. The highest BCUT2D eigenvalue weighted by molar-refractivity contribution is 5.97. The molecule has 0 atom stereocenters. The summed E-state index contributed by atoms with van der Waals surface area (Å²) in [6.07, 6.45) is 3.35. The van der Waals surface area contributed by atoms with Gasteiger partial charge in [-0.05, 0) is 18.6 Å². The second-order valence-corrected chi connectivity index (χ2v) is 3.71. The molecule has 0 aliphatic heterocycles. The molecule has 1 N–H and O–H groups in total. The Labute approximate surface area is 84.6 Å². The van der Waals surface area contributed by atoms with Crippen molar-refractivity contribution in [2.45, 2.75) is 26.8 Å². The van der Waals surface area contributed by atoms with Crippen molar-refractivity contribution in [1.82, 2.24) is 10.3 Å². The molecule has 0 amide bonds. The van der Waals surface area contributed by atoms with Gasteiger partial charge in [-0.2, -0.15) is 0 Å². The number of nitrogens with zero attached hydrogens (tertiary/aromatic N) is 1. The predicted molar refractivity (Wildman–Crippen MR) is 56.4 cm³/mol. The van der Waals surface area contributed by atoms with Crippen molar-refractivity contribution in [2.24, 2.45) is 0 Å². The van der Waals surface area contributed by atoms with Crippen LogP contribution in [-0.2, 0) is 0 Å². The summed E-state index contributed by atoms with van der Waals surface area (Å²) in [5, 5.41) is 3.09. The fourth-order valence-corrected chi connectivity index (χ4v) is 1.11. The monoisotopic (exact) mass is 192 g/mol. The highest BCUT2D eigenvalue weighted by Gasteiger charge is 2.06. The van der Waals surface area contributed by atoms with Crippen molar-refractivity contribution >= 4 is 5.78 Å². The Hall–Kier alpha value is -1.22. The molecule has 3 heteroatoms. The minimum Gasteiger partial charge on any atom is -0.307 e. The van der Waals surface area contributed by atoms with Gasteiger partial charge >= 0.3 is 0 Å². The SMILES string of the molecule is Cc1cncc(C(=O)CNC(C)C)c1. The lowest BCUT2D eigenvalue weighted by Gasteiger charge is -2.06. The summed E-state index contributed by atoms with van der Waals surface area (Å²) in [4.78, 5) is 15.6. The van der Waals surface area contributed by atoms with Crippen LogP contribution in [0.15, 0.2) is 18.5 Å². The number of carbonyl (C=O) groups is 1. The molecule has 0 radical (unpaired) electrons. The number of aromatic nitrogens is 1. The number of hydrogen-bond donors (Lipinski definition) is 1. The second kappa shape index (κ2) is 4.86. The maximum atomic E-state index is 11.6. The van der Waals surface area contributed by atoms with Gasteiger partial charge in [-0.15, -0.1) is 0 Å². The lowest BCUT2D eigenvalue weighted by Crippen LogP contribution is -2.29. The molecule has 0 aromatic carbocycles. The summed E-state index contributed by atoms with van der Waals surface area (Å²) < 4.78 is 0. The van der Waals surface area contributed by atoms with Gasteiger partial charge in [-0.1, -0.05) is 13.8 Å². The maximum absolute atomic E-state index is 11.6. The van der Waals surface area contributed by atoms with Crippen LogP contribution in [-0.4, -0.2) is 23.4 Å². The van der Waals surface area contributed by atoms with Gasteiger partial charge in [0, 0.05) is 24.0 Å². The molecule has 0 unspecified atom stereocenters. The van der Waals surface area contributed by atoms with Gasteiger partial charge in [-0.3, -0.25) is 9.78 Å². The molecule has 0 aliphatic rings. The van der Waals surface area contributed by atoms with Gasteiger partial charge in [0.25, 0.3) is 0 Å². The molecule has 0 aliphatic carbocycles. The van der Waals surface area contributed by atoms with Crippen LogP contribution < -0.4 is 5.32 Å². The van der Waals surface area contributed by atoms with E-state index in [1.807, 2.05) is 26.8 Å². The van der Waals surface area contributed by atoms with Crippen molar-refractivity contribution in [3.05, 3.63) is 29.6 Å². The summed E-state index contributed by atoms with van der Waals surface area (Å²) in [6, 6.07) is 2.19. The quantitative estimate of drug-likeness (QED) is 0.736. The molecule has 0 spiro atoms. The zero-order valence-corrected chi connectivity index (χ0v) is 8.87. The highest BCUT2D eigenvalue weighted by atomic mass is 16.1. The number of aryl methyl sites for hydroxylation is 1. The Bertz CT molecular complexity index is 321. The molecular formula is C11H16N2O. The smallest absolute Gasteiger partial charge is 0.178 e. The molecule has 0 saturated carbocycles. The third kappa shape index (κ3) is 3.26. The summed E-state index contributed by atoms with van der Waals surface area (Å²) in [7, 11) is 0. The average Bonchev–Trinajstić information content (AvgIpc) is 2.14. The predicted octanol–water partition coefficient (Wildman–Crippen LogP) is 1.57. The zero-order chi connectivity index (χ0) is 10.6. The van der Waals surface area contributed by atoms with Gasteiger partial charge in [0.05, 0.1) is 6.54 Å². The average molecular weight is 192 g/mol. The topological polar surface area (TPSA) is 42.0 Å². The third-order valence-corrected chi connectivity index (χ3v) is 1.87. The molecule has 1 heterocycles. The number of nitrogens with one attached hydrogen (secondary N) is 1. The number of carbonyl (C=O) groups excluding carboxylic acids is 1. The van der Waals surface area contributed by atoms with Crippen LogP contribution in [0.2, 0.25) is 0 Å². The molecule has 0 saturated heterocycles. The van der Waals surface area contributed by atoms with E-state index >= 15 is 0 Å². The van der Waals surface area contributed by atoms with Crippen LogP contribution in [0.25, 0.3) is 0 Å². The summed E-state index contributed by atoms with van der Waals surface area (Å²) in [5.41, 5.74) is 1.69. The van der Waals surface area contributed by atoms with Gasteiger partial charge in [0.15, 0.2) is 5.78 Å². The van der Waals surface area contributed by atoms with Crippen molar-refractivity contribution in [3.8, 4) is 0 Å². The third-order valence-electron chi connectivity index (χ3n) is 1.87. The standard InChI is InChI=1S/C11H16N2O/c1-8(2)13-7-11(14)10-4-9(3)5-12-6-10/h4-6,8,13H,7H2,1-3H3. The molecule has 1 rings (SSSR count). The Morgan fingerprint density at radius 2 is 2.21 bits per heavy atom. The number of ketones is 1. The van der Waals surface area contributed by atoms with E-state index in [9.17, 15) is 4.79 Å². The van der Waals surface area contributed by atoms with Crippen LogP contribution in [0.5, 0.6) is 0 Å². The Morgan fingerprint density at radius 1 is 1.50 bits per heavy atom. The van der Waals surface area contributed by atoms with E-state index in [2.05, 4.69) is 10.3 Å². The fraction of sp³-hybridized carbons (Fsp3) is 0.455. The number of rotatable bonds is 4. The Kier molecular flexibility index (Phi) is 3.77. The first-order valence-electron chi connectivity index (χ1n) is 4.78. The molecule has 0 bridgehead atoms. The largest absolute Gasteiger partial charge is 0.307 e. The number of hydrogen-bond acceptors (Lipinski definition) is 3. The van der Waals surface area contributed by atoms with Crippen molar-refractivity contribution < 1.29 is 4.79 Å². The van der Waals surface area contributed by atoms with Crippen molar-refractivity contribution in [3.63, 3.8) is 0 Å². The van der Waals surface area contributed by atoms with Gasteiger partial charge < -0.3 is 5.32 Å². The minimum absolute atomic E-state index is 0.0925. The summed E-state index contributed by atoms with van der Waals surface area (Å²) in [5.74, 6) is 0.0925. The van der Waals surface area contributed by atoms with Gasteiger partial charge in [0.1, 0.15) is 0 Å². The van der Waals surface area contributed by atoms with Crippen LogP contribution in [0.1, 0.15) is 29.8 Å². The minimum atomic E-state index is 0.0925. The first-order chi connectivity index (χ1) is 6.59. The van der Waals surface area contributed by atoms with Crippen LogP contribution in [0, 0.1) is 6.92 Å². The number of Topliss-reactive ketones (excluding diaryl/α,β-unsaturated/α-hetero) is 1. The molecule has 1 aromatic rings. The second-order valence-electron chi connectivity index (χ2n) is 3.71. The van der Waals surface area contributed by atoms with Gasteiger partial charge in [-0.25, -0.2) is 0 Å². The molecule has 14 heavy (non-hydrogen) atoms. The van der Waals surface area contributed by atoms with E-state index in [4.69, 9.17) is 0 Å². The van der Waals surface area contributed by atoms with Crippen LogP contribution in [0.4, 0.5) is 0 Å². The Balaban J connectivity index is 2.61. The fourth-order valence-electron chi connectivity index (χ4n) is 1.11. The van der Waals surface area contributed by atoms with Crippen molar-refractivity contribution in [2.75, 3.05) is 6.54 Å². The molecule has 1 aromatic heterocycles. The van der Waals surface area contributed by atoms with E-state index in [1.54, 1.807) is 12.4 Å². The van der Waals surface area contributed by atoms with E-state index < -0.39 is 0 Å². The van der Waals surface area contributed by atoms with Crippen LogP contribution >= 0.6 is 0 Å². The van der Waals surface area contributed by atoms with E-state index in [0.717, 1.165) is 5.56 Å². The van der Waals surface area contributed by atoms with Crippen LogP contribution in [0.3, 0.4) is 0 Å². The van der Waals surface area contributed by atoms with E-state index in [-0.39, 0.29) is 5.78 Å². The Morgan fingerprint density at radius 3 is 2.79 bits per heavy atom. The lowest BCUT2D eigenvalue weighted by atomic mass is 10.1. The summed E-state index contributed by atoms with van der Waals surface area (Å²) in [6.45, 7) is 6.34. The zero-order valence-electron chi connectivity index (χ0n) is 8.87. The summed E-state index contributed by atoms with van der Waals surface area (Å²) >= 11 is 0. The van der Waals surface area contributed by atoms with Crippen molar-refractivity contribution in [1.29, 1.82) is 0 Å². The molecule has 3 nitrogen and oxygen atoms in total. The first-order valence-corrected chi connectivity index (χ1v) is 4.78. The van der Waals surface area contributed by atoms with E-state index in [1.165, 1.54) is 0 Å². The first kappa shape index (κ1) is 10.9. The van der Waals surface area contributed by atoms with E-state index in [0.29, 0.717) is 18.2 Å². The van der Waals surface area contributed by atoms with Gasteiger partial charge in [0.2, 0.25) is 0 Å². The number of pyridine rings is 1. The normalized spacial score (nSPS) is 10.6. The highest BCUT2D eigenvalue weighted by Crippen LogP contribution is 2.01. The molecule has 0 fully saturated rings. The maximum Gasteiger partial charge on any atom is 0.178 e. The molecular weight excluding hydrogens is 176 g/mol.